The monoisotopic (exact) mass is 297 g/mol. The molecule has 2 rings (SSSR count). The van der Waals surface area contributed by atoms with E-state index in [0.29, 0.717) is 12.8 Å². The quantitative estimate of drug-likeness (QED) is 0.782. The Morgan fingerprint density at radius 3 is 3.00 bits per heavy atom. The Hall–Kier alpha value is -1.14. The normalized spacial score (nSPS) is 16.1. The van der Waals surface area contributed by atoms with Crippen LogP contribution in [-0.2, 0) is 16.0 Å². The first-order chi connectivity index (χ1) is 9.78. The molecule has 5 nitrogen and oxygen atoms in total. The van der Waals surface area contributed by atoms with Gasteiger partial charge in [0.1, 0.15) is 0 Å². The van der Waals surface area contributed by atoms with E-state index in [1.165, 1.54) is 39.5 Å². The van der Waals surface area contributed by atoms with E-state index >= 15 is 0 Å². The van der Waals surface area contributed by atoms with Crippen LogP contribution in [0.1, 0.15) is 31.4 Å². The molecule has 6 heteroatoms. The summed E-state index contributed by atoms with van der Waals surface area (Å²) in [6.07, 6.45) is 5.08. The zero-order valence-electron chi connectivity index (χ0n) is 12.1. The highest BCUT2D eigenvalue weighted by atomic mass is 32.1. The second-order valence-electron chi connectivity index (χ2n) is 5.05. The lowest BCUT2D eigenvalue weighted by molar-refractivity contribution is -0.140. The van der Waals surface area contributed by atoms with Gasteiger partial charge in [-0.25, -0.2) is 4.98 Å². The fraction of sp³-hybridized carbons (Fsp3) is 0.714. The number of aryl methyl sites for hydroxylation is 1. The third-order valence-corrected chi connectivity index (χ3v) is 4.37. The van der Waals surface area contributed by atoms with Crippen molar-refractivity contribution in [2.75, 3.05) is 38.6 Å². The molecule has 0 atom stereocenters. The number of piperidine rings is 1. The maximum Gasteiger partial charge on any atom is 0.305 e. The van der Waals surface area contributed by atoms with Crippen LogP contribution in [0.4, 0.5) is 5.13 Å². The van der Waals surface area contributed by atoms with Gasteiger partial charge in [-0.3, -0.25) is 4.79 Å². The van der Waals surface area contributed by atoms with Gasteiger partial charge in [0, 0.05) is 24.9 Å². The minimum Gasteiger partial charge on any atom is -0.469 e. The molecule has 112 valence electrons. The van der Waals surface area contributed by atoms with Crippen molar-refractivity contribution in [3.8, 4) is 0 Å². The Morgan fingerprint density at radius 2 is 2.25 bits per heavy atom. The van der Waals surface area contributed by atoms with Crippen molar-refractivity contribution >= 4 is 22.4 Å². The van der Waals surface area contributed by atoms with E-state index in [9.17, 15) is 4.79 Å². The average Bonchev–Trinajstić information content (AvgIpc) is 2.94. The van der Waals surface area contributed by atoms with Crippen LogP contribution < -0.4 is 5.32 Å². The summed E-state index contributed by atoms with van der Waals surface area (Å²) in [5, 5.41) is 6.32. The molecule has 1 saturated heterocycles. The number of anilines is 1. The predicted molar refractivity (Wildman–Crippen MR) is 81.2 cm³/mol. The molecule has 0 spiro atoms. The summed E-state index contributed by atoms with van der Waals surface area (Å²) in [6.45, 7) is 4.47. The van der Waals surface area contributed by atoms with Crippen LogP contribution in [0.5, 0.6) is 0 Å². The molecule has 20 heavy (non-hydrogen) atoms. The maximum absolute atomic E-state index is 11.1. The average molecular weight is 297 g/mol. The molecule has 1 aromatic rings. The number of carbonyl (C=O) groups excluding carboxylic acids is 1. The van der Waals surface area contributed by atoms with Gasteiger partial charge >= 0.3 is 5.97 Å². The first-order valence-corrected chi connectivity index (χ1v) is 8.13. The molecule has 0 amide bonds. The van der Waals surface area contributed by atoms with Crippen LogP contribution >= 0.6 is 11.3 Å². The Bertz CT molecular complexity index is 416. The molecule has 0 radical (unpaired) electrons. The van der Waals surface area contributed by atoms with Crippen molar-refractivity contribution in [1.82, 2.24) is 9.88 Å². The van der Waals surface area contributed by atoms with Gasteiger partial charge in [0.05, 0.1) is 19.2 Å². The van der Waals surface area contributed by atoms with Crippen molar-refractivity contribution in [3.63, 3.8) is 0 Å². The number of nitrogens with zero attached hydrogens (tertiary/aromatic N) is 2. The lowest BCUT2D eigenvalue weighted by atomic mass is 10.1. The maximum atomic E-state index is 11.1. The zero-order chi connectivity index (χ0) is 14.2. The van der Waals surface area contributed by atoms with Crippen LogP contribution in [0, 0.1) is 0 Å². The summed E-state index contributed by atoms with van der Waals surface area (Å²) in [7, 11) is 1.41. The number of hydrogen-bond acceptors (Lipinski definition) is 6. The highest BCUT2D eigenvalue weighted by molar-refractivity contribution is 7.13. The highest BCUT2D eigenvalue weighted by Crippen LogP contribution is 2.16. The molecular formula is C14H23N3O2S. The van der Waals surface area contributed by atoms with Crippen LogP contribution in [-0.4, -0.2) is 49.1 Å². The van der Waals surface area contributed by atoms with Gasteiger partial charge in [0.25, 0.3) is 0 Å². The van der Waals surface area contributed by atoms with E-state index in [1.54, 1.807) is 11.3 Å². The first-order valence-electron chi connectivity index (χ1n) is 7.25. The predicted octanol–water partition coefficient (Wildman–Crippen LogP) is 2.15. The van der Waals surface area contributed by atoms with E-state index < -0.39 is 0 Å². The molecule has 1 aliphatic heterocycles. The third-order valence-electron chi connectivity index (χ3n) is 3.52. The number of hydrogen-bond donors (Lipinski definition) is 1. The second-order valence-corrected chi connectivity index (χ2v) is 5.91. The van der Waals surface area contributed by atoms with Crippen LogP contribution in [0.3, 0.4) is 0 Å². The molecule has 0 saturated carbocycles. The number of esters is 1. The number of likely N-dealkylation sites (tertiary alicyclic amines) is 1. The van der Waals surface area contributed by atoms with Gasteiger partial charge in [0.2, 0.25) is 0 Å². The summed E-state index contributed by atoms with van der Waals surface area (Å²) >= 11 is 1.60. The van der Waals surface area contributed by atoms with Gasteiger partial charge in [0.15, 0.2) is 5.13 Å². The summed E-state index contributed by atoms with van der Waals surface area (Å²) in [4.78, 5) is 18.1. The van der Waals surface area contributed by atoms with Crippen molar-refractivity contribution in [2.45, 2.75) is 32.1 Å². The van der Waals surface area contributed by atoms with Crippen LogP contribution in [0.25, 0.3) is 0 Å². The standard InChI is InChI=1S/C14H23N3O2S/c1-19-13(18)6-5-12-11-20-14(16-12)15-7-10-17-8-3-2-4-9-17/h11H,2-10H2,1H3,(H,15,16). The van der Waals surface area contributed by atoms with Crippen molar-refractivity contribution in [2.24, 2.45) is 0 Å². The van der Waals surface area contributed by atoms with E-state index in [2.05, 4.69) is 19.9 Å². The molecule has 0 bridgehead atoms. The highest BCUT2D eigenvalue weighted by Gasteiger charge is 2.10. The van der Waals surface area contributed by atoms with Gasteiger partial charge in [-0.15, -0.1) is 11.3 Å². The number of carbonyl (C=O) groups is 1. The third kappa shape index (κ3) is 5.09. The Kier molecular flexibility index (Phi) is 6.26. The minimum atomic E-state index is -0.183. The van der Waals surface area contributed by atoms with Crippen molar-refractivity contribution in [1.29, 1.82) is 0 Å². The fourth-order valence-corrected chi connectivity index (χ4v) is 3.11. The Labute approximate surface area is 124 Å². The number of nitrogens with one attached hydrogen (secondary N) is 1. The number of methoxy groups -OCH3 is 1. The molecule has 1 aromatic heterocycles. The molecule has 1 aliphatic rings. The number of ether oxygens (including phenoxy) is 1. The van der Waals surface area contributed by atoms with E-state index in [1.807, 2.05) is 5.38 Å². The summed E-state index contributed by atoms with van der Waals surface area (Å²) in [6, 6.07) is 0. The van der Waals surface area contributed by atoms with Gasteiger partial charge in [-0.1, -0.05) is 6.42 Å². The first kappa shape index (κ1) is 15.3. The van der Waals surface area contributed by atoms with E-state index in [-0.39, 0.29) is 5.97 Å². The zero-order valence-corrected chi connectivity index (χ0v) is 12.9. The number of rotatable bonds is 7. The number of thiazole rings is 1. The molecular weight excluding hydrogens is 274 g/mol. The molecule has 2 heterocycles. The van der Waals surface area contributed by atoms with Crippen LogP contribution in [0.2, 0.25) is 0 Å². The van der Waals surface area contributed by atoms with Gasteiger partial charge in [-0.05, 0) is 25.9 Å². The van der Waals surface area contributed by atoms with E-state index in [4.69, 9.17) is 0 Å². The fourth-order valence-electron chi connectivity index (χ4n) is 2.34. The van der Waals surface area contributed by atoms with Crippen molar-refractivity contribution in [3.05, 3.63) is 11.1 Å². The van der Waals surface area contributed by atoms with Gasteiger partial charge < -0.3 is 15.0 Å². The molecule has 0 unspecified atom stereocenters. The lowest BCUT2D eigenvalue weighted by Crippen LogP contribution is -2.33. The van der Waals surface area contributed by atoms with E-state index in [0.717, 1.165) is 23.9 Å². The summed E-state index contributed by atoms with van der Waals surface area (Å²) in [5.74, 6) is -0.183. The minimum absolute atomic E-state index is 0.183. The Morgan fingerprint density at radius 1 is 1.45 bits per heavy atom. The summed E-state index contributed by atoms with van der Waals surface area (Å²) in [5.41, 5.74) is 0.959. The molecule has 0 aliphatic carbocycles. The summed E-state index contributed by atoms with van der Waals surface area (Å²) < 4.78 is 4.63. The SMILES string of the molecule is COC(=O)CCc1csc(NCCN2CCCCC2)n1. The topological polar surface area (TPSA) is 54.5 Å². The molecule has 1 fully saturated rings. The lowest BCUT2D eigenvalue weighted by Gasteiger charge is -2.26. The number of aromatic nitrogens is 1. The second kappa shape index (κ2) is 8.21. The Balaban J connectivity index is 1.65. The smallest absolute Gasteiger partial charge is 0.305 e. The molecule has 1 N–H and O–H groups in total. The van der Waals surface area contributed by atoms with Gasteiger partial charge in [-0.2, -0.15) is 0 Å². The van der Waals surface area contributed by atoms with Crippen molar-refractivity contribution < 1.29 is 9.53 Å². The van der Waals surface area contributed by atoms with Crippen LogP contribution in [0.15, 0.2) is 5.38 Å². The largest absolute Gasteiger partial charge is 0.469 e. The molecule has 0 aromatic carbocycles.